The highest BCUT2D eigenvalue weighted by atomic mass is 32.2. The average molecular weight is 617 g/mol. The monoisotopic (exact) mass is 616 g/mol. The molecule has 2 aromatic carbocycles. The van der Waals surface area contributed by atoms with Gasteiger partial charge < -0.3 is 9.47 Å². The van der Waals surface area contributed by atoms with E-state index in [-0.39, 0.29) is 29.0 Å². The van der Waals surface area contributed by atoms with Crippen LogP contribution in [0.4, 0.5) is 13.2 Å². The predicted molar refractivity (Wildman–Crippen MR) is 148 cm³/mol. The van der Waals surface area contributed by atoms with E-state index in [1.807, 2.05) is 6.92 Å². The molecular formula is C28H35F3N2O6S2. The Morgan fingerprint density at radius 2 is 1.76 bits per heavy atom. The lowest BCUT2D eigenvalue weighted by Gasteiger charge is -2.34. The first-order chi connectivity index (χ1) is 19.4. The zero-order chi connectivity index (χ0) is 29.7. The van der Waals surface area contributed by atoms with Crippen LogP contribution in [0.15, 0.2) is 58.3 Å². The highest BCUT2D eigenvalue weighted by Crippen LogP contribution is 2.37. The number of alkyl halides is 3. The Kier molecular flexibility index (Phi) is 10.3. The van der Waals surface area contributed by atoms with E-state index < -0.39 is 34.0 Å². The SMILES string of the molecule is CCC(C)(C(=O)NOC1CCCCO1)c1ccccc1S(=O)(=O)N1CCC(Sc2ccc(OC(F)(F)F)cc2)CC1. The van der Waals surface area contributed by atoms with E-state index in [1.165, 1.54) is 34.3 Å². The molecule has 0 radical (unpaired) electrons. The van der Waals surface area contributed by atoms with Crippen LogP contribution in [-0.2, 0) is 29.8 Å². The number of benzene rings is 2. The van der Waals surface area contributed by atoms with Crippen molar-refractivity contribution in [3.8, 4) is 5.75 Å². The molecule has 2 fully saturated rings. The van der Waals surface area contributed by atoms with Crippen LogP contribution in [-0.4, -0.2) is 56.2 Å². The minimum Gasteiger partial charge on any atom is -0.406 e. The smallest absolute Gasteiger partial charge is 0.406 e. The van der Waals surface area contributed by atoms with Crippen molar-refractivity contribution in [3.63, 3.8) is 0 Å². The number of nitrogens with zero attached hydrogens (tertiary/aromatic N) is 1. The third-order valence-corrected chi connectivity index (χ3v) is 10.8. The van der Waals surface area contributed by atoms with Crippen LogP contribution in [0.5, 0.6) is 5.75 Å². The van der Waals surface area contributed by atoms with Gasteiger partial charge in [0.2, 0.25) is 10.0 Å². The fraction of sp³-hybridized carbons (Fsp3) is 0.536. The number of rotatable bonds is 10. The van der Waals surface area contributed by atoms with E-state index >= 15 is 0 Å². The number of carbonyl (C=O) groups excluding carboxylic acids is 1. The number of carbonyl (C=O) groups is 1. The molecule has 13 heteroatoms. The topological polar surface area (TPSA) is 94.2 Å². The normalized spacial score (nSPS) is 20.8. The van der Waals surface area contributed by atoms with Gasteiger partial charge in [-0.05, 0) is 74.9 Å². The van der Waals surface area contributed by atoms with Crippen molar-refractivity contribution in [2.24, 2.45) is 0 Å². The Labute approximate surface area is 242 Å². The second-order valence-corrected chi connectivity index (χ2v) is 13.5. The molecule has 2 unspecified atom stereocenters. The standard InChI is InChI=1S/C28H35F3N2O6S2/c1-3-27(2,26(34)32-39-25-10-6-7-19-37-25)23-8-4-5-9-24(23)41(35,36)33-17-15-22(16-18-33)40-21-13-11-20(12-14-21)38-28(29,30)31/h4-5,8-9,11-14,22,25H,3,6-7,10,15-19H2,1-2H3,(H,32,34). The van der Waals surface area contributed by atoms with E-state index in [0.29, 0.717) is 37.9 Å². The van der Waals surface area contributed by atoms with Crippen molar-refractivity contribution in [1.82, 2.24) is 9.79 Å². The molecule has 2 atom stereocenters. The number of hydrogen-bond donors (Lipinski definition) is 1. The van der Waals surface area contributed by atoms with E-state index in [1.54, 1.807) is 37.3 Å². The van der Waals surface area contributed by atoms with Crippen molar-refractivity contribution in [1.29, 1.82) is 0 Å². The third kappa shape index (κ3) is 7.95. The summed E-state index contributed by atoms with van der Waals surface area (Å²) in [6.07, 6.45) is -1.27. The first kappa shape index (κ1) is 31.6. The number of halogens is 3. The third-order valence-electron chi connectivity index (χ3n) is 7.49. The Morgan fingerprint density at radius 1 is 1.07 bits per heavy atom. The summed E-state index contributed by atoms with van der Waals surface area (Å²) < 4.78 is 75.8. The van der Waals surface area contributed by atoms with E-state index in [2.05, 4.69) is 10.2 Å². The van der Waals surface area contributed by atoms with Crippen molar-refractivity contribution in [3.05, 3.63) is 54.1 Å². The molecule has 2 aliphatic heterocycles. The Bertz CT molecular complexity index is 1280. The molecule has 2 saturated heterocycles. The highest BCUT2D eigenvalue weighted by molar-refractivity contribution is 8.00. The van der Waals surface area contributed by atoms with Crippen molar-refractivity contribution >= 4 is 27.7 Å². The fourth-order valence-electron chi connectivity index (χ4n) is 4.90. The number of nitrogens with one attached hydrogen (secondary N) is 1. The van der Waals surface area contributed by atoms with Gasteiger partial charge in [0.15, 0.2) is 6.29 Å². The Hall–Kier alpha value is -2.32. The summed E-state index contributed by atoms with van der Waals surface area (Å²) in [7, 11) is -3.92. The second kappa shape index (κ2) is 13.3. The molecule has 2 heterocycles. The second-order valence-electron chi connectivity index (χ2n) is 10.3. The summed E-state index contributed by atoms with van der Waals surface area (Å²) in [5, 5.41) is 0.0944. The highest BCUT2D eigenvalue weighted by Gasteiger charge is 2.40. The van der Waals surface area contributed by atoms with E-state index in [4.69, 9.17) is 9.57 Å². The van der Waals surface area contributed by atoms with Crippen molar-refractivity contribution < 1.29 is 40.7 Å². The lowest BCUT2D eigenvalue weighted by atomic mass is 9.79. The van der Waals surface area contributed by atoms with Crippen LogP contribution in [0.3, 0.4) is 0 Å². The molecule has 226 valence electrons. The Balaban J connectivity index is 1.42. The number of ether oxygens (including phenoxy) is 2. The van der Waals surface area contributed by atoms with Gasteiger partial charge in [0, 0.05) is 36.3 Å². The van der Waals surface area contributed by atoms with Gasteiger partial charge in [0.25, 0.3) is 5.91 Å². The maximum atomic E-state index is 13.8. The molecule has 2 aliphatic rings. The predicted octanol–water partition coefficient (Wildman–Crippen LogP) is 5.77. The molecule has 0 spiro atoms. The molecule has 0 aromatic heterocycles. The molecule has 2 aromatic rings. The van der Waals surface area contributed by atoms with Crippen LogP contribution >= 0.6 is 11.8 Å². The molecule has 0 bridgehead atoms. The van der Waals surface area contributed by atoms with Gasteiger partial charge in [-0.1, -0.05) is 25.1 Å². The van der Waals surface area contributed by atoms with E-state index in [0.717, 1.165) is 17.7 Å². The number of sulfonamides is 1. The fourth-order valence-corrected chi connectivity index (χ4v) is 7.81. The number of piperidine rings is 1. The Morgan fingerprint density at radius 3 is 2.37 bits per heavy atom. The summed E-state index contributed by atoms with van der Waals surface area (Å²) in [6.45, 7) is 4.65. The van der Waals surface area contributed by atoms with Crippen LogP contribution in [0.2, 0.25) is 0 Å². The maximum Gasteiger partial charge on any atom is 0.573 e. The van der Waals surface area contributed by atoms with Crippen LogP contribution < -0.4 is 10.2 Å². The molecule has 0 saturated carbocycles. The van der Waals surface area contributed by atoms with Gasteiger partial charge in [-0.3, -0.25) is 4.79 Å². The molecule has 4 rings (SSSR count). The average Bonchev–Trinajstić information content (AvgIpc) is 2.96. The minimum atomic E-state index is -4.75. The zero-order valence-electron chi connectivity index (χ0n) is 23.0. The number of hydroxylamine groups is 1. The van der Waals surface area contributed by atoms with Gasteiger partial charge in [0.1, 0.15) is 5.75 Å². The lowest BCUT2D eigenvalue weighted by molar-refractivity contribution is -0.274. The number of thioether (sulfide) groups is 1. The molecule has 1 amide bonds. The maximum absolute atomic E-state index is 13.8. The number of amides is 1. The van der Waals surface area contributed by atoms with Gasteiger partial charge in [0.05, 0.1) is 10.3 Å². The summed E-state index contributed by atoms with van der Waals surface area (Å²) in [5.74, 6) is -0.735. The molecule has 41 heavy (non-hydrogen) atoms. The summed E-state index contributed by atoms with van der Waals surface area (Å²) in [4.78, 5) is 19.7. The lowest BCUT2D eigenvalue weighted by Crippen LogP contribution is -2.46. The molecule has 0 aliphatic carbocycles. The minimum absolute atomic E-state index is 0.0831. The van der Waals surface area contributed by atoms with Gasteiger partial charge in [-0.15, -0.1) is 24.9 Å². The zero-order valence-corrected chi connectivity index (χ0v) is 24.6. The van der Waals surface area contributed by atoms with Crippen molar-refractivity contribution in [2.75, 3.05) is 19.7 Å². The molecular weight excluding hydrogens is 581 g/mol. The number of hydrogen-bond acceptors (Lipinski definition) is 7. The summed E-state index contributed by atoms with van der Waals surface area (Å²) in [6, 6.07) is 12.2. The van der Waals surface area contributed by atoms with Crippen molar-refractivity contribution in [2.45, 2.75) is 85.5 Å². The van der Waals surface area contributed by atoms with Gasteiger partial charge in [-0.25, -0.2) is 18.7 Å². The van der Waals surface area contributed by atoms with Gasteiger partial charge >= 0.3 is 6.36 Å². The first-order valence-electron chi connectivity index (χ1n) is 13.6. The quantitative estimate of drug-likeness (QED) is 0.339. The van der Waals surface area contributed by atoms with Crippen LogP contribution in [0, 0.1) is 0 Å². The van der Waals surface area contributed by atoms with Crippen LogP contribution in [0.1, 0.15) is 57.9 Å². The first-order valence-corrected chi connectivity index (χ1v) is 15.9. The molecule has 8 nitrogen and oxygen atoms in total. The van der Waals surface area contributed by atoms with Crippen LogP contribution in [0.25, 0.3) is 0 Å². The van der Waals surface area contributed by atoms with E-state index in [9.17, 15) is 26.4 Å². The van der Waals surface area contributed by atoms with Gasteiger partial charge in [-0.2, -0.15) is 4.31 Å². The molecule has 1 N–H and O–H groups in total. The largest absolute Gasteiger partial charge is 0.573 e. The summed E-state index contributed by atoms with van der Waals surface area (Å²) in [5.41, 5.74) is 1.73. The summed E-state index contributed by atoms with van der Waals surface area (Å²) >= 11 is 1.50.